The largest absolute Gasteiger partial charge is 0.356 e. The van der Waals surface area contributed by atoms with Gasteiger partial charge in [0.1, 0.15) is 0 Å². The zero-order chi connectivity index (χ0) is 15.8. The fourth-order valence-electron chi connectivity index (χ4n) is 2.74. The summed E-state index contributed by atoms with van der Waals surface area (Å²) in [6.45, 7) is 3.42. The predicted molar refractivity (Wildman–Crippen MR) is 82.5 cm³/mol. The Bertz CT molecular complexity index is 758. The average molecular weight is 321 g/mol. The molecule has 0 radical (unpaired) electrons. The molecule has 3 rings (SSSR count). The second-order valence-electron chi connectivity index (χ2n) is 5.98. The summed E-state index contributed by atoms with van der Waals surface area (Å²) in [6.07, 6.45) is 2.27. The van der Waals surface area contributed by atoms with Crippen molar-refractivity contribution >= 4 is 10.0 Å². The monoisotopic (exact) mass is 321 g/mol. The molecule has 1 fully saturated rings. The van der Waals surface area contributed by atoms with E-state index in [4.69, 9.17) is 10.3 Å². The van der Waals surface area contributed by atoms with E-state index < -0.39 is 10.0 Å². The Labute approximate surface area is 129 Å². The first-order chi connectivity index (χ1) is 10.5. The lowest BCUT2D eigenvalue weighted by Gasteiger charge is -2.23. The molecule has 0 bridgehead atoms. The van der Waals surface area contributed by atoms with E-state index in [1.54, 1.807) is 30.3 Å². The van der Waals surface area contributed by atoms with Crippen LogP contribution in [0.2, 0.25) is 0 Å². The Balaban J connectivity index is 2.01. The molecule has 2 heterocycles. The van der Waals surface area contributed by atoms with Crippen molar-refractivity contribution in [3.8, 4) is 11.3 Å². The molecule has 1 aromatic carbocycles. The molecule has 1 aliphatic heterocycles. The molecule has 2 aromatic rings. The topological polar surface area (TPSA) is 89.4 Å². The first kappa shape index (κ1) is 15.2. The van der Waals surface area contributed by atoms with Crippen molar-refractivity contribution < 1.29 is 12.9 Å². The third-order valence-electron chi connectivity index (χ3n) is 4.22. The number of hydrogen-bond donors (Lipinski definition) is 1. The highest BCUT2D eigenvalue weighted by atomic mass is 32.2. The minimum absolute atomic E-state index is 0.158. The van der Waals surface area contributed by atoms with Gasteiger partial charge in [-0.3, -0.25) is 0 Å². The van der Waals surface area contributed by atoms with Crippen molar-refractivity contribution in [2.45, 2.75) is 18.2 Å². The van der Waals surface area contributed by atoms with E-state index in [-0.39, 0.29) is 10.3 Å². The SMILES string of the molecule is CC1(CN)CCN(S(=O)(=O)c2ccccc2-c2ccno2)C1. The van der Waals surface area contributed by atoms with Gasteiger partial charge in [-0.2, -0.15) is 4.31 Å². The van der Waals surface area contributed by atoms with E-state index in [9.17, 15) is 8.42 Å². The zero-order valence-electron chi connectivity index (χ0n) is 12.4. The van der Waals surface area contributed by atoms with Gasteiger partial charge in [0.05, 0.1) is 11.1 Å². The molecule has 2 N–H and O–H groups in total. The van der Waals surface area contributed by atoms with Crippen molar-refractivity contribution in [2.75, 3.05) is 19.6 Å². The highest BCUT2D eigenvalue weighted by Gasteiger charge is 2.39. The van der Waals surface area contributed by atoms with Crippen LogP contribution in [0.25, 0.3) is 11.3 Å². The lowest BCUT2D eigenvalue weighted by molar-refractivity contribution is 0.349. The molecule has 0 amide bonds. The summed E-state index contributed by atoms with van der Waals surface area (Å²) in [5, 5.41) is 3.66. The van der Waals surface area contributed by atoms with Gasteiger partial charge in [-0.05, 0) is 30.5 Å². The average Bonchev–Trinajstić information content (AvgIpc) is 3.17. The standard InChI is InChI=1S/C15H19N3O3S/c1-15(10-16)7-9-18(11-15)22(19,20)14-5-3-2-4-12(14)13-6-8-17-21-13/h2-6,8H,7,9-11,16H2,1H3. The first-order valence-electron chi connectivity index (χ1n) is 7.17. The minimum Gasteiger partial charge on any atom is -0.356 e. The maximum absolute atomic E-state index is 13.0. The third kappa shape index (κ3) is 2.55. The van der Waals surface area contributed by atoms with Gasteiger partial charge in [-0.1, -0.05) is 24.2 Å². The fourth-order valence-corrected chi connectivity index (χ4v) is 4.53. The molecule has 6 nitrogen and oxygen atoms in total. The van der Waals surface area contributed by atoms with E-state index in [0.29, 0.717) is 31.0 Å². The van der Waals surface area contributed by atoms with Crippen molar-refractivity contribution in [1.29, 1.82) is 0 Å². The van der Waals surface area contributed by atoms with E-state index in [1.807, 2.05) is 6.92 Å². The van der Waals surface area contributed by atoms with Gasteiger partial charge >= 0.3 is 0 Å². The highest BCUT2D eigenvalue weighted by molar-refractivity contribution is 7.89. The summed E-state index contributed by atoms with van der Waals surface area (Å²) >= 11 is 0. The van der Waals surface area contributed by atoms with Gasteiger partial charge in [-0.15, -0.1) is 0 Å². The van der Waals surface area contributed by atoms with Crippen LogP contribution in [0.4, 0.5) is 0 Å². The second kappa shape index (κ2) is 5.49. The number of nitrogens with zero attached hydrogens (tertiary/aromatic N) is 2. The van der Waals surface area contributed by atoms with Crippen molar-refractivity contribution in [3.05, 3.63) is 36.5 Å². The second-order valence-corrected chi connectivity index (χ2v) is 7.88. The molecule has 1 saturated heterocycles. The maximum Gasteiger partial charge on any atom is 0.243 e. The fraction of sp³-hybridized carbons (Fsp3) is 0.400. The molecule has 22 heavy (non-hydrogen) atoms. The van der Waals surface area contributed by atoms with E-state index in [0.717, 1.165) is 6.42 Å². The highest BCUT2D eigenvalue weighted by Crippen LogP contribution is 2.35. The molecule has 0 aliphatic carbocycles. The van der Waals surface area contributed by atoms with Crippen LogP contribution in [0, 0.1) is 5.41 Å². The van der Waals surface area contributed by atoms with Gasteiger partial charge in [-0.25, -0.2) is 8.42 Å². The third-order valence-corrected chi connectivity index (χ3v) is 6.13. The molecule has 1 aromatic heterocycles. The Morgan fingerprint density at radius 2 is 2.14 bits per heavy atom. The van der Waals surface area contributed by atoms with E-state index >= 15 is 0 Å². The van der Waals surface area contributed by atoms with Crippen LogP contribution in [0.5, 0.6) is 0 Å². The molecule has 0 saturated carbocycles. The van der Waals surface area contributed by atoms with Crippen molar-refractivity contribution in [2.24, 2.45) is 11.1 Å². The number of hydrogen-bond acceptors (Lipinski definition) is 5. The van der Waals surface area contributed by atoms with Crippen LogP contribution in [0.3, 0.4) is 0 Å². The van der Waals surface area contributed by atoms with Crippen LogP contribution in [-0.2, 0) is 10.0 Å². The Kier molecular flexibility index (Phi) is 3.80. The van der Waals surface area contributed by atoms with Crippen LogP contribution >= 0.6 is 0 Å². The predicted octanol–water partition coefficient (Wildman–Crippen LogP) is 1.70. The quantitative estimate of drug-likeness (QED) is 0.926. The van der Waals surface area contributed by atoms with Gasteiger partial charge < -0.3 is 10.3 Å². The molecule has 1 unspecified atom stereocenters. The number of sulfonamides is 1. The number of aromatic nitrogens is 1. The van der Waals surface area contributed by atoms with Crippen LogP contribution in [0.15, 0.2) is 45.9 Å². The van der Waals surface area contributed by atoms with Gasteiger partial charge in [0.25, 0.3) is 0 Å². The summed E-state index contributed by atoms with van der Waals surface area (Å²) in [5.74, 6) is 0.444. The summed E-state index contributed by atoms with van der Waals surface area (Å²) in [5.41, 5.74) is 6.15. The Hall–Kier alpha value is -1.70. The maximum atomic E-state index is 13.0. The van der Waals surface area contributed by atoms with Crippen molar-refractivity contribution in [1.82, 2.24) is 9.46 Å². The van der Waals surface area contributed by atoms with Gasteiger partial charge in [0.15, 0.2) is 5.76 Å². The molecule has 0 spiro atoms. The van der Waals surface area contributed by atoms with Gasteiger partial charge in [0.2, 0.25) is 10.0 Å². The first-order valence-corrected chi connectivity index (χ1v) is 8.61. The normalized spacial score (nSPS) is 23.0. The summed E-state index contributed by atoms with van der Waals surface area (Å²) < 4.78 is 32.6. The zero-order valence-corrected chi connectivity index (χ0v) is 13.2. The van der Waals surface area contributed by atoms with Gasteiger partial charge in [0, 0.05) is 24.7 Å². The Morgan fingerprint density at radius 1 is 1.36 bits per heavy atom. The van der Waals surface area contributed by atoms with Crippen LogP contribution in [0.1, 0.15) is 13.3 Å². The summed E-state index contributed by atoms with van der Waals surface area (Å²) in [7, 11) is -3.59. The number of rotatable bonds is 4. The van der Waals surface area contributed by atoms with Crippen molar-refractivity contribution in [3.63, 3.8) is 0 Å². The number of nitrogens with two attached hydrogens (primary N) is 1. The van der Waals surface area contributed by atoms with Crippen LogP contribution in [-0.4, -0.2) is 37.5 Å². The molecular weight excluding hydrogens is 302 g/mol. The molecule has 1 aliphatic rings. The molecule has 1 atom stereocenters. The number of benzene rings is 1. The lowest BCUT2D eigenvalue weighted by Crippen LogP contribution is -2.34. The smallest absolute Gasteiger partial charge is 0.243 e. The minimum atomic E-state index is -3.59. The molecule has 7 heteroatoms. The van der Waals surface area contributed by atoms with E-state index in [2.05, 4.69) is 5.16 Å². The lowest BCUT2D eigenvalue weighted by atomic mass is 9.90. The van der Waals surface area contributed by atoms with Crippen LogP contribution < -0.4 is 5.73 Å². The van der Waals surface area contributed by atoms with E-state index in [1.165, 1.54) is 10.5 Å². The molecular formula is C15H19N3O3S. The Morgan fingerprint density at radius 3 is 2.77 bits per heavy atom. The molecule has 118 valence electrons. The summed E-state index contributed by atoms with van der Waals surface area (Å²) in [6, 6.07) is 8.48. The summed E-state index contributed by atoms with van der Waals surface area (Å²) in [4.78, 5) is 0.244.